The number of likely N-dealkylation sites (tertiary alicyclic amines) is 1. The summed E-state index contributed by atoms with van der Waals surface area (Å²) >= 11 is 0. The highest BCUT2D eigenvalue weighted by Crippen LogP contribution is 2.15. The summed E-state index contributed by atoms with van der Waals surface area (Å²) in [6.45, 7) is 6.90. The van der Waals surface area contributed by atoms with E-state index in [2.05, 4.69) is 22.5 Å². The Morgan fingerprint density at radius 3 is 2.64 bits per heavy atom. The van der Waals surface area contributed by atoms with Gasteiger partial charge in [-0.25, -0.2) is 9.59 Å². The molecule has 2 amide bonds. The summed E-state index contributed by atoms with van der Waals surface area (Å²) in [6.07, 6.45) is 4.72. The molecule has 6 heteroatoms. The molecule has 6 nitrogen and oxygen atoms in total. The van der Waals surface area contributed by atoms with Crippen molar-refractivity contribution in [3.8, 4) is 0 Å². The van der Waals surface area contributed by atoms with E-state index in [0.29, 0.717) is 13.1 Å². The van der Waals surface area contributed by atoms with Crippen LogP contribution in [-0.2, 0) is 6.54 Å². The van der Waals surface area contributed by atoms with Crippen molar-refractivity contribution in [2.75, 3.05) is 26.2 Å². The van der Waals surface area contributed by atoms with Gasteiger partial charge in [-0.05, 0) is 62.4 Å². The lowest BCUT2D eigenvalue weighted by molar-refractivity contribution is 0.0697. The van der Waals surface area contributed by atoms with Crippen LogP contribution in [0.2, 0.25) is 0 Å². The SMILES string of the molecule is CC1CCCN(CCCCNC(=O)NCc2ccc(C(=O)O)cc2)C1. The first-order chi connectivity index (χ1) is 12.0. The molecule has 1 aromatic rings. The Bertz CT molecular complexity index is 560. The molecule has 1 fully saturated rings. The molecule has 0 bridgehead atoms. The van der Waals surface area contributed by atoms with E-state index < -0.39 is 5.97 Å². The zero-order valence-corrected chi connectivity index (χ0v) is 15.0. The molecule has 1 aliphatic heterocycles. The predicted octanol–water partition coefficient (Wildman–Crippen LogP) is 2.70. The molecule has 1 aromatic carbocycles. The van der Waals surface area contributed by atoms with E-state index in [1.807, 2.05) is 0 Å². The van der Waals surface area contributed by atoms with Gasteiger partial charge in [0.25, 0.3) is 0 Å². The number of nitrogens with one attached hydrogen (secondary N) is 2. The largest absolute Gasteiger partial charge is 0.478 e. The maximum absolute atomic E-state index is 11.8. The number of carboxylic acids is 1. The van der Waals surface area contributed by atoms with Crippen molar-refractivity contribution in [2.24, 2.45) is 5.92 Å². The highest BCUT2D eigenvalue weighted by Gasteiger charge is 2.15. The molecule has 1 saturated heterocycles. The number of unbranched alkanes of at least 4 members (excludes halogenated alkanes) is 1. The number of carbonyl (C=O) groups is 2. The standard InChI is InChI=1S/C19H29N3O3/c1-15-5-4-12-22(14-15)11-3-2-10-20-19(25)21-13-16-6-8-17(9-7-16)18(23)24/h6-9,15H,2-5,10-14H2,1H3,(H,23,24)(H2,20,21,25). The van der Waals surface area contributed by atoms with Crippen molar-refractivity contribution < 1.29 is 14.7 Å². The number of hydrogen-bond acceptors (Lipinski definition) is 3. The molecule has 138 valence electrons. The van der Waals surface area contributed by atoms with Crippen LogP contribution in [0.3, 0.4) is 0 Å². The molecule has 0 aliphatic carbocycles. The third-order valence-electron chi connectivity index (χ3n) is 4.58. The second-order valence-electron chi connectivity index (χ2n) is 6.87. The van der Waals surface area contributed by atoms with E-state index in [0.717, 1.165) is 30.9 Å². The van der Waals surface area contributed by atoms with Gasteiger partial charge in [-0.2, -0.15) is 0 Å². The molecule has 1 aliphatic rings. The number of hydrogen-bond donors (Lipinski definition) is 3. The van der Waals surface area contributed by atoms with Crippen LogP contribution in [0.15, 0.2) is 24.3 Å². The maximum Gasteiger partial charge on any atom is 0.335 e. The van der Waals surface area contributed by atoms with Crippen LogP contribution in [-0.4, -0.2) is 48.2 Å². The van der Waals surface area contributed by atoms with Gasteiger partial charge in [0.1, 0.15) is 0 Å². The molecule has 3 N–H and O–H groups in total. The lowest BCUT2D eigenvalue weighted by Crippen LogP contribution is -2.37. The van der Waals surface area contributed by atoms with Gasteiger partial charge in [0.2, 0.25) is 0 Å². The number of piperidine rings is 1. The minimum atomic E-state index is -0.948. The third-order valence-corrected chi connectivity index (χ3v) is 4.58. The second-order valence-corrected chi connectivity index (χ2v) is 6.87. The second kappa shape index (κ2) is 10.0. The number of rotatable bonds is 8. The summed E-state index contributed by atoms with van der Waals surface area (Å²) in [5.41, 5.74) is 1.12. The van der Waals surface area contributed by atoms with Crippen LogP contribution in [0.5, 0.6) is 0 Å². The number of amides is 2. The van der Waals surface area contributed by atoms with Crippen LogP contribution < -0.4 is 10.6 Å². The fraction of sp³-hybridized carbons (Fsp3) is 0.579. The Morgan fingerprint density at radius 2 is 1.96 bits per heavy atom. The lowest BCUT2D eigenvalue weighted by atomic mass is 10.0. The molecule has 25 heavy (non-hydrogen) atoms. The van der Waals surface area contributed by atoms with Crippen molar-refractivity contribution in [2.45, 2.75) is 39.2 Å². The first-order valence-electron chi connectivity index (χ1n) is 9.11. The van der Waals surface area contributed by atoms with Crippen molar-refractivity contribution in [3.05, 3.63) is 35.4 Å². The Kier molecular flexibility index (Phi) is 7.73. The van der Waals surface area contributed by atoms with E-state index in [-0.39, 0.29) is 11.6 Å². The Balaban J connectivity index is 1.54. The van der Waals surface area contributed by atoms with E-state index in [1.165, 1.54) is 25.9 Å². The number of carbonyl (C=O) groups excluding carboxylic acids is 1. The third kappa shape index (κ3) is 7.13. The summed E-state index contributed by atoms with van der Waals surface area (Å²) in [5, 5.41) is 14.5. The maximum atomic E-state index is 11.8. The fourth-order valence-electron chi connectivity index (χ4n) is 3.16. The molecule has 0 spiro atoms. The number of benzene rings is 1. The minimum absolute atomic E-state index is 0.186. The molecular formula is C19H29N3O3. The van der Waals surface area contributed by atoms with Gasteiger partial charge in [0.15, 0.2) is 0 Å². The molecule has 0 saturated carbocycles. The van der Waals surface area contributed by atoms with Gasteiger partial charge in [-0.15, -0.1) is 0 Å². The average Bonchev–Trinajstić information content (AvgIpc) is 2.60. The summed E-state index contributed by atoms with van der Waals surface area (Å²) in [4.78, 5) is 25.1. The summed E-state index contributed by atoms with van der Waals surface area (Å²) in [7, 11) is 0. The van der Waals surface area contributed by atoms with Gasteiger partial charge in [0, 0.05) is 19.6 Å². The Labute approximate surface area is 149 Å². The quantitative estimate of drug-likeness (QED) is 0.632. The monoisotopic (exact) mass is 347 g/mol. The zero-order chi connectivity index (χ0) is 18.1. The molecule has 2 rings (SSSR count). The predicted molar refractivity (Wildman–Crippen MR) is 97.7 cm³/mol. The van der Waals surface area contributed by atoms with Crippen molar-refractivity contribution in [3.63, 3.8) is 0 Å². The van der Waals surface area contributed by atoms with E-state index >= 15 is 0 Å². The van der Waals surface area contributed by atoms with Crippen molar-refractivity contribution in [1.29, 1.82) is 0 Å². The topological polar surface area (TPSA) is 81.7 Å². The van der Waals surface area contributed by atoms with Gasteiger partial charge < -0.3 is 20.6 Å². The molecule has 0 aromatic heterocycles. The van der Waals surface area contributed by atoms with E-state index in [1.54, 1.807) is 24.3 Å². The van der Waals surface area contributed by atoms with Gasteiger partial charge in [-0.1, -0.05) is 19.1 Å². The Morgan fingerprint density at radius 1 is 1.20 bits per heavy atom. The lowest BCUT2D eigenvalue weighted by Gasteiger charge is -2.30. The van der Waals surface area contributed by atoms with Crippen LogP contribution in [0, 0.1) is 5.92 Å². The summed E-state index contributed by atoms with van der Waals surface area (Å²) in [6, 6.07) is 6.32. The van der Waals surface area contributed by atoms with Gasteiger partial charge >= 0.3 is 12.0 Å². The molecular weight excluding hydrogens is 318 g/mol. The molecule has 1 atom stereocenters. The normalized spacial score (nSPS) is 17.9. The van der Waals surface area contributed by atoms with Gasteiger partial charge in [-0.3, -0.25) is 0 Å². The summed E-state index contributed by atoms with van der Waals surface area (Å²) in [5.74, 6) is -0.140. The highest BCUT2D eigenvalue weighted by molar-refractivity contribution is 5.87. The number of aromatic carboxylic acids is 1. The first kappa shape index (κ1) is 19.2. The van der Waals surface area contributed by atoms with Crippen LogP contribution in [0.4, 0.5) is 4.79 Å². The molecule has 1 heterocycles. The average molecular weight is 347 g/mol. The fourth-order valence-corrected chi connectivity index (χ4v) is 3.16. The number of nitrogens with zero attached hydrogens (tertiary/aromatic N) is 1. The zero-order valence-electron chi connectivity index (χ0n) is 15.0. The smallest absolute Gasteiger partial charge is 0.335 e. The number of carboxylic acid groups (broad SMARTS) is 1. The van der Waals surface area contributed by atoms with Crippen molar-refractivity contribution in [1.82, 2.24) is 15.5 Å². The molecule has 0 radical (unpaired) electrons. The molecule has 1 unspecified atom stereocenters. The van der Waals surface area contributed by atoms with Gasteiger partial charge in [0.05, 0.1) is 5.56 Å². The van der Waals surface area contributed by atoms with Crippen LogP contribution >= 0.6 is 0 Å². The van der Waals surface area contributed by atoms with E-state index in [4.69, 9.17) is 5.11 Å². The van der Waals surface area contributed by atoms with Crippen LogP contribution in [0.25, 0.3) is 0 Å². The Hall–Kier alpha value is -2.08. The summed E-state index contributed by atoms with van der Waals surface area (Å²) < 4.78 is 0. The minimum Gasteiger partial charge on any atom is -0.478 e. The van der Waals surface area contributed by atoms with Crippen LogP contribution in [0.1, 0.15) is 48.5 Å². The van der Waals surface area contributed by atoms with Crippen molar-refractivity contribution >= 4 is 12.0 Å². The highest BCUT2D eigenvalue weighted by atomic mass is 16.4. The van der Waals surface area contributed by atoms with E-state index in [9.17, 15) is 9.59 Å². The first-order valence-corrected chi connectivity index (χ1v) is 9.11. The number of urea groups is 1.